The van der Waals surface area contributed by atoms with E-state index in [1.807, 2.05) is 12.1 Å². The Bertz CT molecular complexity index is 354. The summed E-state index contributed by atoms with van der Waals surface area (Å²) in [5, 5.41) is 13.1. The summed E-state index contributed by atoms with van der Waals surface area (Å²) in [6.45, 7) is 5.34. The molecule has 0 saturated heterocycles. The van der Waals surface area contributed by atoms with Crippen LogP contribution in [0.5, 0.6) is 5.75 Å². The molecule has 2 nitrogen and oxygen atoms in total. The van der Waals surface area contributed by atoms with Crippen LogP contribution in [0.1, 0.15) is 51.5 Å². The summed E-state index contributed by atoms with van der Waals surface area (Å²) in [7, 11) is 0. The SMILES string of the molecule is CCCCC(CCC)NCc1ccc(O)c(Br)c1. The fourth-order valence-corrected chi connectivity index (χ4v) is 2.50. The van der Waals surface area contributed by atoms with Crippen LogP contribution in [0.25, 0.3) is 0 Å². The summed E-state index contributed by atoms with van der Waals surface area (Å²) >= 11 is 3.35. The lowest BCUT2D eigenvalue weighted by Crippen LogP contribution is -2.28. The number of phenolic OH excluding ortho intramolecular Hbond substituents is 1. The van der Waals surface area contributed by atoms with Crippen LogP contribution >= 0.6 is 15.9 Å². The van der Waals surface area contributed by atoms with Crippen LogP contribution in [0.15, 0.2) is 22.7 Å². The van der Waals surface area contributed by atoms with E-state index in [9.17, 15) is 5.11 Å². The van der Waals surface area contributed by atoms with Gasteiger partial charge in [-0.2, -0.15) is 0 Å². The highest BCUT2D eigenvalue weighted by molar-refractivity contribution is 9.10. The summed E-state index contributed by atoms with van der Waals surface area (Å²) in [5.74, 6) is 0.301. The maximum Gasteiger partial charge on any atom is 0.129 e. The second-order valence-electron chi connectivity index (χ2n) is 4.79. The lowest BCUT2D eigenvalue weighted by atomic mass is 10.0. The van der Waals surface area contributed by atoms with Gasteiger partial charge in [-0.3, -0.25) is 0 Å². The predicted molar refractivity (Wildman–Crippen MR) is 80.9 cm³/mol. The molecule has 1 rings (SSSR count). The highest BCUT2D eigenvalue weighted by Gasteiger charge is 2.07. The van der Waals surface area contributed by atoms with Gasteiger partial charge >= 0.3 is 0 Å². The standard InChI is InChI=1S/C15H24BrNO/c1-3-5-7-13(6-4-2)17-11-12-8-9-15(18)14(16)10-12/h8-10,13,17-18H,3-7,11H2,1-2H3. The van der Waals surface area contributed by atoms with Gasteiger partial charge < -0.3 is 10.4 Å². The fraction of sp³-hybridized carbons (Fsp3) is 0.600. The molecule has 0 heterocycles. The summed E-state index contributed by atoms with van der Waals surface area (Å²) in [4.78, 5) is 0. The Hall–Kier alpha value is -0.540. The van der Waals surface area contributed by atoms with Gasteiger partial charge in [-0.05, 0) is 46.5 Å². The zero-order valence-corrected chi connectivity index (χ0v) is 13.0. The lowest BCUT2D eigenvalue weighted by molar-refractivity contribution is 0.433. The van der Waals surface area contributed by atoms with E-state index in [2.05, 4.69) is 35.1 Å². The molecule has 1 atom stereocenters. The molecular formula is C15H24BrNO. The maximum atomic E-state index is 9.45. The van der Waals surface area contributed by atoms with Gasteiger partial charge in [0.05, 0.1) is 4.47 Å². The average molecular weight is 314 g/mol. The summed E-state index contributed by atoms with van der Waals surface area (Å²) in [6.07, 6.45) is 6.26. The molecule has 0 aliphatic heterocycles. The highest BCUT2D eigenvalue weighted by atomic mass is 79.9. The van der Waals surface area contributed by atoms with Crippen LogP contribution in [0.3, 0.4) is 0 Å². The molecule has 0 aromatic heterocycles. The number of aromatic hydroxyl groups is 1. The van der Waals surface area contributed by atoms with Gasteiger partial charge in [-0.15, -0.1) is 0 Å². The van der Waals surface area contributed by atoms with Crippen molar-refractivity contribution in [2.24, 2.45) is 0 Å². The normalized spacial score (nSPS) is 12.6. The third-order valence-corrected chi connectivity index (χ3v) is 3.79. The first-order valence-electron chi connectivity index (χ1n) is 6.88. The summed E-state index contributed by atoms with van der Waals surface area (Å²) < 4.78 is 0.766. The van der Waals surface area contributed by atoms with Gasteiger partial charge in [0, 0.05) is 12.6 Å². The second kappa shape index (κ2) is 8.54. The van der Waals surface area contributed by atoms with E-state index < -0.39 is 0 Å². The molecule has 0 radical (unpaired) electrons. The molecule has 102 valence electrons. The predicted octanol–water partition coefficient (Wildman–Crippen LogP) is 4.60. The van der Waals surface area contributed by atoms with Crippen LogP contribution < -0.4 is 5.32 Å². The van der Waals surface area contributed by atoms with E-state index in [1.165, 1.54) is 37.7 Å². The largest absolute Gasteiger partial charge is 0.507 e. The molecule has 1 aromatic carbocycles. The van der Waals surface area contributed by atoms with Crippen LogP contribution in [-0.2, 0) is 6.54 Å². The topological polar surface area (TPSA) is 32.3 Å². The third kappa shape index (κ3) is 5.40. The minimum absolute atomic E-state index is 0.301. The van der Waals surface area contributed by atoms with Gasteiger partial charge in [0.1, 0.15) is 5.75 Å². The van der Waals surface area contributed by atoms with Crippen molar-refractivity contribution in [3.63, 3.8) is 0 Å². The number of nitrogens with one attached hydrogen (secondary N) is 1. The second-order valence-corrected chi connectivity index (χ2v) is 5.65. The first kappa shape index (κ1) is 15.5. The zero-order chi connectivity index (χ0) is 13.4. The van der Waals surface area contributed by atoms with Gasteiger partial charge in [0.25, 0.3) is 0 Å². The molecule has 3 heteroatoms. The lowest BCUT2D eigenvalue weighted by Gasteiger charge is -2.18. The maximum absolute atomic E-state index is 9.45. The van der Waals surface area contributed by atoms with Crippen molar-refractivity contribution < 1.29 is 5.11 Å². The van der Waals surface area contributed by atoms with E-state index in [0.29, 0.717) is 11.8 Å². The summed E-state index contributed by atoms with van der Waals surface area (Å²) in [5.41, 5.74) is 1.21. The monoisotopic (exact) mass is 313 g/mol. The van der Waals surface area contributed by atoms with Crippen LogP contribution in [0, 0.1) is 0 Å². The van der Waals surface area contributed by atoms with Crippen molar-refractivity contribution in [3.05, 3.63) is 28.2 Å². The molecule has 0 spiro atoms. The minimum Gasteiger partial charge on any atom is -0.507 e. The summed E-state index contributed by atoms with van der Waals surface area (Å²) in [6, 6.07) is 6.30. The zero-order valence-electron chi connectivity index (χ0n) is 11.4. The van der Waals surface area contributed by atoms with Crippen LogP contribution in [0.2, 0.25) is 0 Å². The average Bonchev–Trinajstić information content (AvgIpc) is 2.37. The number of benzene rings is 1. The molecule has 1 unspecified atom stereocenters. The quantitative estimate of drug-likeness (QED) is 0.735. The molecule has 0 fully saturated rings. The minimum atomic E-state index is 0.301. The Morgan fingerprint density at radius 1 is 1.22 bits per heavy atom. The van der Waals surface area contributed by atoms with Gasteiger partial charge in [-0.25, -0.2) is 0 Å². The van der Waals surface area contributed by atoms with E-state index in [-0.39, 0.29) is 0 Å². The van der Waals surface area contributed by atoms with E-state index in [0.717, 1.165) is 11.0 Å². The Labute approximate surface area is 119 Å². The van der Waals surface area contributed by atoms with Crippen molar-refractivity contribution >= 4 is 15.9 Å². The Balaban J connectivity index is 2.47. The third-order valence-electron chi connectivity index (χ3n) is 3.15. The van der Waals surface area contributed by atoms with Crippen molar-refractivity contribution in [1.29, 1.82) is 0 Å². The number of halogens is 1. The molecule has 0 aliphatic rings. The molecule has 2 N–H and O–H groups in total. The number of rotatable bonds is 8. The molecular weight excluding hydrogens is 290 g/mol. The van der Waals surface area contributed by atoms with E-state index >= 15 is 0 Å². The molecule has 0 aliphatic carbocycles. The first-order chi connectivity index (χ1) is 8.67. The Morgan fingerprint density at radius 2 is 2.00 bits per heavy atom. The van der Waals surface area contributed by atoms with Crippen LogP contribution in [0.4, 0.5) is 0 Å². The number of unbranched alkanes of at least 4 members (excludes halogenated alkanes) is 1. The van der Waals surface area contributed by atoms with Crippen molar-refractivity contribution in [1.82, 2.24) is 5.32 Å². The number of hydrogen-bond acceptors (Lipinski definition) is 2. The van der Waals surface area contributed by atoms with E-state index in [4.69, 9.17) is 0 Å². The van der Waals surface area contributed by atoms with Crippen LogP contribution in [-0.4, -0.2) is 11.1 Å². The van der Waals surface area contributed by atoms with Crippen molar-refractivity contribution in [2.45, 2.75) is 58.5 Å². The fourth-order valence-electron chi connectivity index (χ4n) is 2.07. The van der Waals surface area contributed by atoms with Gasteiger partial charge in [-0.1, -0.05) is 39.2 Å². The molecule has 18 heavy (non-hydrogen) atoms. The van der Waals surface area contributed by atoms with Gasteiger partial charge in [0.15, 0.2) is 0 Å². The van der Waals surface area contributed by atoms with E-state index in [1.54, 1.807) is 6.07 Å². The van der Waals surface area contributed by atoms with Crippen molar-refractivity contribution in [3.8, 4) is 5.75 Å². The Morgan fingerprint density at radius 3 is 2.61 bits per heavy atom. The highest BCUT2D eigenvalue weighted by Crippen LogP contribution is 2.24. The molecule has 0 amide bonds. The molecule has 1 aromatic rings. The molecule has 0 bridgehead atoms. The van der Waals surface area contributed by atoms with Crippen molar-refractivity contribution in [2.75, 3.05) is 0 Å². The number of phenols is 1. The smallest absolute Gasteiger partial charge is 0.129 e. The Kier molecular flexibility index (Phi) is 7.36. The molecule has 0 saturated carbocycles. The van der Waals surface area contributed by atoms with Gasteiger partial charge in [0.2, 0.25) is 0 Å². The number of hydrogen-bond donors (Lipinski definition) is 2. The first-order valence-corrected chi connectivity index (χ1v) is 7.67.